The SMILES string of the molecule is CCO[Si](C)(CCl)c1ccc(F)cc1. The number of rotatable bonds is 4. The summed E-state index contributed by atoms with van der Waals surface area (Å²) in [5.74, 6) is -0.226. The molecule has 0 aliphatic heterocycles. The van der Waals surface area contributed by atoms with Gasteiger partial charge in [0.05, 0.1) is 0 Å². The molecule has 0 aliphatic rings. The van der Waals surface area contributed by atoms with E-state index >= 15 is 0 Å². The Labute approximate surface area is 90.0 Å². The lowest BCUT2D eigenvalue weighted by molar-refractivity contribution is 0.338. The van der Waals surface area contributed by atoms with Gasteiger partial charge in [-0.1, -0.05) is 12.1 Å². The van der Waals surface area contributed by atoms with Gasteiger partial charge < -0.3 is 4.43 Å². The van der Waals surface area contributed by atoms with Crippen LogP contribution in [0, 0.1) is 5.82 Å². The predicted octanol–water partition coefficient (Wildman–Crippen LogP) is 2.42. The van der Waals surface area contributed by atoms with Gasteiger partial charge in [0.25, 0.3) is 0 Å². The maximum atomic E-state index is 12.7. The van der Waals surface area contributed by atoms with E-state index in [2.05, 4.69) is 0 Å². The van der Waals surface area contributed by atoms with Crippen molar-refractivity contribution < 1.29 is 8.82 Å². The molecule has 1 aromatic rings. The van der Waals surface area contributed by atoms with Crippen molar-refractivity contribution in [2.75, 3.05) is 12.1 Å². The summed E-state index contributed by atoms with van der Waals surface area (Å²) in [7, 11) is -2.02. The first kappa shape index (κ1) is 11.7. The third-order valence-corrected chi connectivity index (χ3v) is 6.69. The van der Waals surface area contributed by atoms with E-state index in [4.69, 9.17) is 16.0 Å². The smallest absolute Gasteiger partial charge is 0.235 e. The summed E-state index contributed by atoms with van der Waals surface area (Å²) in [6, 6.07) is 6.43. The molecule has 0 spiro atoms. The summed E-state index contributed by atoms with van der Waals surface area (Å²) in [5.41, 5.74) is 0.493. The lowest BCUT2D eigenvalue weighted by Crippen LogP contribution is -2.50. The molecule has 1 aromatic carbocycles. The molecule has 0 aliphatic carbocycles. The zero-order chi connectivity index (χ0) is 10.6. The zero-order valence-electron chi connectivity index (χ0n) is 8.39. The van der Waals surface area contributed by atoms with Crippen LogP contribution in [0.15, 0.2) is 24.3 Å². The molecule has 0 saturated carbocycles. The van der Waals surface area contributed by atoms with E-state index in [1.54, 1.807) is 12.1 Å². The van der Waals surface area contributed by atoms with Crippen LogP contribution in [0.4, 0.5) is 4.39 Å². The van der Waals surface area contributed by atoms with E-state index in [9.17, 15) is 4.39 Å². The van der Waals surface area contributed by atoms with Gasteiger partial charge in [-0.25, -0.2) is 4.39 Å². The van der Waals surface area contributed by atoms with Crippen LogP contribution >= 0.6 is 11.6 Å². The van der Waals surface area contributed by atoms with Gasteiger partial charge in [-0.2, -0.15) is 0 Å². The standard InChI is InChI=1S/C10H14ClFOSi/c1-3-13-14(2,8-11)10-6-4-9(12)5-7-10/h4-7H,3,8H2,1-2H3. The Kier molecular flexibility index (Phi) is 4.10. The van der Waals surface area contributed by atoms with Crippen molar-refractivity contribution in [1.82, 2.24) is 0 Å². The fourth-order valence-electron chi connectivity index (χ4n) is 1.32. The van der Waals surface area contributed by atoms with Gasteiger partial charge in [0.15, 0.2) is 0 Å². The van der Waals surface area contributed by atoms with Crippen LogP contribution in [-0.2, 0) is 4.43 Å². The molecular formula is C10H14ClFOSi. The van der Waals surface area contributed by atoms with Crippen molar-refractivity contribution >= 4 is 25.1 Å². The first-order valence-corrected chi connectivity index (χ1v) is 7.73. The molecule has 0 amide bonds. The molecule has 1 atom stereocenters. The van der Waals surface area contributed by atoms with Gasteiger partial charge in [-0.05, 0) is 30.8 Å². The van der Waals surface area contributed by atoms with Gasteiger partial charge in [0.2, 0.25) is 8.32 Å². The largest absolute Gasteiger partial charge is 0.412 e. The second-order valence-corrected chi connectivity index (χ2v) is 7.70. The minimum atomic E-state index is -2.02. The summed E-state index contributed by atoms with van der Waals surface area (Å²) in [4.78, 5) is 0. The van der Waals surface area contributed by atoms with Gasteiger partial charge in [0.1, 0.15) is 5.82 Å². The average molecular weight is 233 g/mol. The first-order valence-electron chi connectivity index (χ1n) is 4.58. The Morgan fingerprint density at radius 2 is 1.93 bits per heavy atom. The second kappa shape index (κ2) is 4.91. The molecule has 14 heavy (non-hydrogen) atoms. The van der Waals surface area contributed by atoms with Crippen LogP contribution in [0.25, 0.3) is 0 Å². The molecule has 0 aromatic heterocycles. The van der Waals surface area contributed by atoms with Crippen molar-refractivity contribution in [2.45, 2.75) is 13.5 Å². The fourth-order valence-corrected chi connectivity index (χ4v) is 3.92. The monoisotopic (exact) mass is 232 g/mol. The molecule has 0 N–H and O–H groups in total. The minimum absolute atomic E-state index is 0.226. The van der Waals surface area contributed by atoms with Crippen molar-refractivity contribution in [3.63, 3.8) is 0 Å². The summed E-state index contributed by atoms with van der Waals surface area (Å²) in [6.45, 7) is 4.63. The molecule has 78 valence electrons. The van der Waals surface area contributed by atoms with Crippen molar-refractivity contribution in [3.05, 3.63) is 30.1 Å². The second-order valence-electron chi connectivity index (χ2n) is 3.30. The number of benzene rings is 1. The van der Waals surface area contributed by atoms with E-state index in [0.29, 0.717) is 12.1 Å². The molecule has 0 bridgehead atoms. The van der Waals surface area contributed by atoms with E-state index in [1.807, 2.05) is 13.5 Å². The highest BCUT2D eigenvalue weighted by Crippen LogP contribution is 2.08. The Bertz CT molecular complexity index is 291. The molecule has 1 unspecified atom stereocenters. The van der Waals surface area contributed by atoms with Gasteiger partial charge in [-0.3, -0.25) is 0 Å². The van der Waals surface area contributed by atoms with E-state index in [0.717, 1.165) is 5.19 Å². The molecule has 1 rings (SSSR count). The highest BCUT2D eigenvalue weighted by molar-refractivity contribution is 6.90. The Morgan fingerprint density at radius 1 is 1.36 bits per heavy atom. The Balaban J connectivity index is 2.94. The third kappa shape index (κ3) is 2.56. The van der Waals surface area contributed by atoms with Crippen LogP contribution in [-0.4, -0.2) is 20.4 Å². The highest BCUT2D eigenvalue weighted by atomic mass is 35.5. The molecule has 0 radical (unpaired) electrons. The van der Waals surface area contributed by atoms with Crippen molar-refractivity contribution in [2.24, 2.45) is 0 Å². The Morgan fingerprint density at radius 3 is 2.36 bits per heavy atom. The van der Waals surface area contributed by atoms with E-state index in [1.165, 1.54) is 12.1 Å². The molecule has 0 saturated heterocycles. The summed E-state index contributed by atoms with van der Waals surface area (Å²) in [6.07, 6.45) is 0. The number of halogens is 2. The lowest BCUT2D eigenvalue weighted by atomic mass is 10.3. The predicted molar refractivity (Wildman–Crippen MR) is 60.0 cm³/mol. The molecular weight excluding hydrogens is 219 g/mol. The van der Waals surface area contributed by atoms with Crippen LogP contribution in [0.5, 0.6) is 0 Å². The lowest BCUT2D eigenvalue weighted by Gasteiger charge is -2.24. The maximum Gasteiger partial charge on any atom is 0.235 e. The molecule has 4 heteroatoms. The van der Waals surface area contributed by atoms with Gasteiger partial charge in [0, 0.05) is 12.1 Å². The zero-order valence-corrected chi connectivity index (χ0v) is 10.1. The summed E-state index contributed by atoms with van der Waals surface area (Å²) < 4.78 is 18.4. The maximum absolute atomic E-state index is 12.7. The third-order valence-electron chi connectivity index (χ3n) is 2.17. The van der Waals surface area contributed by atoms with Crippen molar-refractivity contribution in [3.8, 4) is 0 Å². The van der Waals surface area contributed by atoms with E-state index < -0.39 is 8.32 Å². The summed E-state index contributed by atoms with van der Waals surface area (Å²) in [5, 5.41) is 1.04. The fraction of sp³-hybridized carbons (Fsp3) is 0.400. The highest BCUT2D eigenvalue weighted by Gasteiger charge is 2.30. The van der Waals surface area contributed by atoms with Gasteiger partial charge >= 0.3 is 0 Å². The Hall–Kier alpha value is -0.383. The number of alkyl halides is 1. The molecule has 1 nitrogen and oxygen atoms in total. The first-order chi connectivity index (χ1) is 6.62. The minimum Gasteiger partial charge on any atom is -0.412 e. The van der Waals surface area contributed by atoms with Crippen LogP contribution in [0.3, 0.4) is 0 Å². The van der Waals surface area contributed by atoms with E-state index in [-0.39, 0.29) is 5.82 Å². The molecule has 0 fully saturated rings. The number of hydrogen-bond donors (Lipinski definition) is 0. The quantitative estimate of drug-likeness (QED) is 0.572. The topological polar surface area (TPSA) is 9.23 Å². The average Bonchev–Trinajstić information content (AvgIpc) is 2.19. The van der Waals surface area contributed by atoms with Crippen molar-refractivity contribution in [1.29, 1.82) is 0 Å². The normalized spacial score (nSPS) is 15.1. The van der Waals surface area contributed by atoms with Gasteiger partial charge in [-0.15, -0.1) is 11.6 Å². The van der Waals surface area contributed by atoms with Crippen LogP contribution in [0.1, 0.15) is 6.92 Å². The summed E-state index contributed by atoms with van der Waals surface area (Å²) >= 11 is 5.90. The number of hydrogen-bond acceptors (Lipinski definition) is 1. The molecule has 0 heterocycles. The van der Waals surface area contributed by atoms with Crippen LogP contribution < -0.4 is 5.19 Å². The van der Waals surface area contributed by atoms with Crippen LogP contribution in [0.2, 0.25) is 6.55 Å².